The van der Waals surface area contributed by atoms with Crippen LogP contribution in [0.15, 0.2) is 36.4 Å². The molecular weight excluding hydrogens is 270 g/mol. The fourth-order valence-corrected chi connectivity index (χ4v) is 2.28. The molecule has 4 heteroatoms. The van der Waals surface area contributed by atoms with E-state index in [4.69, 9.17) is 16.9 Å². The molecule has 2 rings (SSSR count). The van der Waals surface area contributed by atoms with E-state index < -0.39 is 0 Å². The van der Waals surface area contributed by atoms with Crippen LogP contribution >= 0.6 is 11.6 Å². The number of nitrogens with zero attached hydrogens (tertiary/aromatic N) is 3. The number of aromatic nitrogens is 1. The van der Waals surface area contributed by atoms with Crippen molar-refractivity contribution in [3.63, 3.8) is 0 Å². The Kier molecular flexibility index (Phi) is 4.60. The molecule has 0 spiro atoms. The summed E-state index contributed by atoms with van der Waals surface area (Å²) in [5, 5.41) is 9.40. The van der Waals surface area contributed by atoms with Crippen LogP contribution in [-0.2, 0) is 6.54 Å². The highest BCUT2D eigenvalue weighted by molar-refractivity contribution is 6.32. The Balaban J connectivity index is 2.24. The molecule has 0 atom stereocenters. The van der Waals surface area contributed by atoms with Crippen molar-refractivity contribution in [2.24, 2.45) is 0 Å². The first-order valence-corrected chi connectivity index (χ1v) is 6.89. The van der Waals surface area contributed by atoms with Gasteiger partial charge in [0.25, 0.3) is 0 Å². The van der Waals surface area contributed by atoms with Crippen molar-refractivity contribution in [2.45, 2.75) is 20.4 Å². The summed E-state index contributed by atoms with van der Waals surface area (Å²) in [6.45, 7) is 5.64. The molecule has 1 aromatic heterocycles. The standard InChI is InChI=1S/C16H16ClN3/c1-3-20(11-14-6-4-5-12(2)19-14)15-8-7-13(10-18)16(17)9-15/h4-9H,3,11H2,1-2H3. The fraction of sp³-hybridized carbons (Fsp3) is 0.250. The third-order valence-corrected chi connectivity index (χ3v) is 3.43. The maximum atomic E-state index is 8.91. The van der Waals surface area contributed by atoms with E-state index in [1.54, 1.807) is 6.07 Å². The minimum absolute atomic E-state index is 0.487. The zero-order valence-electron chi connectivity index (χ0n) is 11.6. The molecule has 1 aromatic carbocycles. The number of pyridine rings is 1. The van der Waals surface area contributed by atoms with Crippen molar-refractivity contribution >= 4 is 17.3 Å². The first-order valence-electron chi connectivity index (χ1n) is 6.51. The molecule has 0 saturated carbocycles. The molecule has 0 bridgehead atoms. The smallest absolute Gasteiger partial charge is 0.101 e. The van der Waals surface area contributed by atoms with Crippen LogP contribution in [0.5, 0.6) is 0 Å². The van der Waals surface area contributed by atoms with Gasteiger partial charge < -0.3 is 4.90 Å². The quantitative estimate of drug-likeness (QED) is 0.854. The van der Waals surface area contributed by atoms with E-state index in [9.17, 15) is 0 Å². The minimum atomic E-state index is 0.487. The molecule has 0 fully saturated rings. The average Bonchev–Trinajstić information content (AvgIpc) is 2.44. The number of hydrogen-bond acceptors (Lipinski definition) is 3. The van der Waals surface area contributed by atoms with Gasteiger partial charge in [0.1, 0.15) is 6.07 Å². The van der Waals surface area contributed by atoms with Crippen LogP contribution in [0.3, 0.4) is 0 Å². The predicted molar refractivity (Wildman–Crippen MR) is 81.9 cm³/mol. The Labute approximate surface area is 124 Å². The van der Waals surface area contributed by atoms with Gasteiger partial charge >= 0.3 is 0 Å². The maximum absolute atomic E-state index is 8.91. The first-order chi connectivity index (χ1) is 9.63. The van der Waals surface area contributed by atoms with E-state index in [1.807, 2.05) is 37.3 Å². The Morgan fingerprint density at radius 3 is 2.70 bits per heavy atom. The SMILES string of the molecule is CCN(Cc1cccc(C)n1)c1ccc(C#N)c(Cl)c1. The Bertz CT molecular complexity index is 646. The Hall–Kier alpha value is -2.05. The number of rotatable bonds is 4. The normalized spacial score (nSPS) is 10.1. The topological polar surface area (TPSA) is 39.9 Å². The predicted octanol–water partition coefficient (Wildman–Crippen LogP) is 3.94. The second kappa shape index (κ2) is 6.40. The Morgan fingerprint density at radius 2 is 2.10 bits per heavy atom. The van der Waals surface area contributed by atoms with Gasteiger partial charge in [0.2, 0.25) is 0 Å². The van der Waals surface area contributed by atoms with Crippen LogP contribution < -0.4 is 4.90 Å². The minimum Gasteiger partial charge on any atom is -0.366 e. The van der Waals surface area contributed by atoms with Gasteiger partial charge in [0.15, 0.2) is 0 Å². The lowest BCUT2D eigenvalue weighted by molar-refractivity contribution is 0.806. The highest BCUT2D eigenvalue weighted by Crippen LogP contribution is 2.24. The van der Waals surface area contributed by atoms with E-state index in [2.05, 4.69) is 22.9 Å². The lowest BCUT2D eigenvalue weighted by Gasteiger charge is -2.23. The van der Waals surface area contributed by atoms with Crippen LogP contribution in [0.25, 0.3) is 0 Å². The summed E-state index contributed by atoms with van der Waals surface area (Å²) < 4.78 is 0. The number of benzene rings is 1. The lowest BCUT2D eigenvalue weighted by atomic mass is 10.2. The van der Waals surface area contributed by atoms with E-state index in [-0.39, 0.29) is 0 Å². The number of anilines is 1. The molecule has 0 saturated heterocycles. The second-order valence-electron chi connectivity index (χ2n) is 4.56. The fourth-order valence-electron chi connectivity index (χ4n) is 2.06. The zero-order chi connectivity index (χ0) is 14.5. The summed E-state index contributed by atoms with van der Waals surface area (Å²) in [6.07, 6.45) is 0. The molecule has 102 valence electrons. The number of halogens is 1. The van der Waals surface area contributed by atoms with Crippen LogP contribution in [0.2, 0.25) is 5.02 Å². The Morgan fingerprint density at radius 1 is 1.30 bits per heavy atom. The van der Waals surface area contributed by atoms with Gasteiger partial charge in [-0.2, -0.15) is 5.26 Å². The van der Waals surface area contributed by atoms with E-state index in [1.165, 1.54) is 0 Å². The summed E-state index contributed by atoms with van der Waals surface area (Å²) in [7, 11) is 0. The third-order valence-electron chi connectivity index (χ3n) is 3.12. The lowest BCUT2D eigenvalue weighted by Crippen LogP contribution is -2.22. The largest absolute Gasteiger partial charge is 0.366 e. The van der Waals surface area contributed by atoms with Gasteiger partial charge in [-0.3, -0.25) is 4.98 Å². The number of nitriles is 1. The van der Waals surface area contributed by atoms with E-state index in [0.29, 0.717) is 10.6 Å². The molecule has 20 heavy (non-hydrogen) atoms. The van der Waals surface area contributed by atoms with Crippen molar-refractivity contribution in [3.05, 3.63) is 58.4 Å². The summed E-state index contributed by atoms with van der Waals surface area (Å²) >= 11 is 6.09. The number of hydrogen-bond donors (Lipinski definition) is 0. The van der Waals surface area contributed by atoms with Crippen molar-refractivity contribution in [1.82, 2.24) is 4.98 Å². The highest BCUT2D eigenvalue weighted by atomic mass is 35.5. The summed E-state index contributed by atoms with van der Waals surface area (Å²) in [6, 6.07) is 13.6. The van der Waals surface area contributed by atoms with E-state index in [0.717, 1.165) is 30.2 Å². The molecule has 2 aromatic rings. The molecule has 1 heterocycles. The third kappa shape index (κ3) is 3.28. The van der Waals surface area contributed by atoms with Crippen molar-refractivity contribution < 1.29 is 0 Å². The molecule has 0 N–H and O–H groups in total. The van der Waals surface area contributed by atoms with Crippen molar-refractivity contribution in [3.8, 4) is 6.07 Å². The van der Waals surface area contributed by atoms with Gasteiger partial charge in [-0.25, -0.2) is 0 Å². The van der Waals surface area contributed by atoms with Crippen LogP contribution in [0, 0.1) is 18.3 Å². The van der Waals surface area contributed by atoms with Crippen LogP contribution in [0.4, 0.5) is 5.69 Å². The molecule has 0 unspecified atom stereocenters. The van der Waals surface area contributed by atoms with Crippen molar-refractivity contribution in [2.75, 3.05) is 11.4 Å². The van der Waals surface area contributed by atoms with E-state index >= 15 is 0 Å². The summed E-state index contributed by atoms with van der Waals surface area (Å²) in [4.78, 5) is 6.69. The first kappa shape index (κ1) is 14.4. The molecule has 0 radical (unpaired) electrons. The molecular formula is C16H16ClN3. The van der Waals surface area contributed by atoms with Crippen LogP contribution in [0.1, 0.15) is 23.9 Å². The molecule has 0 aliphatic carbocycles. The van der Waals surface area contributed by atoms with Crippen LogP contribution in [-0.4, -0.2) is 11.5 Å². The molecule has 0 amide bonds. The molecule has 0 aliphatic heterocycles. The van der Waals surface area contributed by atoms with Gasteiger partial charge in [-0.15, -0.1) is 0 Å². The maximum Gasteiger partial charge on any atom is 0.101 e. The summed E-state index contributed by atoms with van der Waals surface area (Å²) in [5.41, 5.74) is 3.53. The highest BCUT2D eigenvalue weighted by Gasteiger charge is 2.09. The number of aryl methyl sites for hydroxylation is 1. The molecule has 0 aliphatic rings. The zero-order valence-corrected chi connectivity index (χ0v) is 12.4. The molecule has 3 nitrogen and oxygen atoms in total. The van der Waals surface area contributed by atoms with Crippen molar-refractivity contribution in [1.29, 1.82) is 5.26 Å². The second-order valence-corrected chi connectivity index (χ2v) is 4.97. The van der Waals surface area contributed by atoms with Gasteiger partial charge in [0.05, 0.1) is 22.8 Å². The average molecular weight is 286 g/mol. The van der Waals surface area contributed by atoms with Gasteiger partial charge in [-0.1, -0.05) is 17.7 Å². The van der Waals surface area contributed by atoms with Gasteiger partial charge in [-0.05, 0) is 44.2 Å². The monoisotopic (exact) mass is 285 g/mol. The van der Waals surface area contributed by atoms with Gasteiger partial charge in [0, 0.05) is 17.9 Å². The summed E-state index contributed by atoms with van der Waals surface area (Å²) in [5.74, 6) is 0.